The molecule has 116 valence electrons. The Morgan fingerprint density at radius 1 is 1.24 bits per heavy atom. The average Bonchev–Trinajstić information content (AvgIpc) is 3.29. The molecule has 1 aromatic rings. The average molecular weight is 354 g/mol. The number of hydrogen-bond donors (Lipinski definition) is 1. The van der Waals surface area contributed by atoms with Crippen LogP contribution in [0.5, 0.6) is 11.5 Å². The maximum atomic E-state index is 6.66. The van der Waals surface area contributed by atoms with Gasteiger partial charge in [0.05, 0.1) is 18.2 Å². The van der Waals surface area contributed by atoms with Crippen molar-refractivity contribution in [2.45, 2.75) is 50.5 Å². The molecule has 0 atom stereocenters. The first-order valence-corrected chi connectivity index (χ1v) is 8.71. The summed E-state index contributed by atoms with van der Waals surface area (Å²) >= 11 is 3.61. The van der Waals surface area contributed by atoms with Gasteiger partial charge >= 0.3 is 0 Å². The van der Waals surface area contributed by atoms with Crippen molar-refractivity contribution >= 4 is 15.9 Å². The Bertz CT molecular complexity index is 508. The first-order valence-electron chi connectivity index (χ1n) is 7.92. The van der Waals surface area contributed by atoms with Gasteiger partial charge in [0.1, 0.15) is 0 Å². The van der Waals surface area contributed by atoms with Gasteiger partial charge < -0.3 is 15.2 Å². The standard InChI is InChI=1S/C17H24BrNO2/c1-20-16-14(18)9-13(17(19)7-3-2-4-8-17)10-15(16)21-11-12-5-6-12/h9-10,12H,2-8,11,19H2,1H3. The highest BCUT2D eigenvalue weighted by Gasteiger charge is 2.31. The molecule has 2 N–H and O–H groups in total. The quantitative estimate of drug-likeness (QED) is 0.854. The molecule has 0 aliphatic heterocycles. The van der Waals surface area contributed by atoms with Gasteiger partial charge in [-0.05, 0) is 65.2 Å². The van der Waals surface area contributed by atoms with Crippen LogP contribution in [0.3, 0.4) is 0 Å². The molecule has 0 bridgehead atoms. The van der Waals surface area contributed by atoms with E-state index in [0.29, 0.717) is 0 Å². The normalized spacial score (nSPS) is 21.1. The molecule has 0 radical (unpaired) electrons. The van der Waals surface area contributed by atoms with Gasteiger partial charge in [0.2, 0.25) is 0 Å². The van der Waals surface area contributed by atoms with Crippen molar-refractivity contribution in [2.24, 2.45) is 11.7 Å². The van der Waals surface area contributed by atoms with E-state index in [9.17, 15) is 0 Å². The van der Waals surface area contributed by atoms with Gasteiger partial charge in [-0.2, -0.15) is 0 Å². The molecule has 0 heterocycles. The molecule has 2 aliphatic carbocycles. The number of hydrogen-bond acceptors (Lipinski definition) is 3. The highest BCUT2D eigenvalue weighted by atomic mass is 79.9. The molecule has 1 aromatic carbocycles. The molecule has 3 nitrogen and oxygen atoms in total. The molecule has 3 rings (SSSR count). The Balaban J connectivity index is 1.89. The molecule has 0 saturated heterocycles. The van der Waals surface area contributed by atoms with E-state index in [4.69, 9.17) is 15.2 Å². The number of halogens is 1. The number of rotatable bonds is 5. The Morgan fingerprint density at radius 3 is 2.57 bits per heavy atom. The fraction of sp³-hybridized carbons (Fsp3) is 0.647. The third-order valence-electron chi connectivity index (χ3n) is 4.71. The Morgan fingerprint density at radius 2 is 1.95 bits per heavy atom. The van der Waals surface area contributed by atoms with Crippen molar-refractivity contribution in [3.05, 3.63) is 22.2 Å². The molecule has 0 aromatic heterocycles. The van der Waals surface area contributed by atoms with Crippen molar-refractivity contribution in [1.29, 1.82) is 0 Å². The van der Waals surface area contributed by atoms with Gasteiger partial charge in [-0.25, -0.2) is 0 Å². The molecular formula is C17H24BrNO2. The zero-order chi connectivity index (χ0) is 14.9. The van der Waals surface area contributed by atoms with E-state index in [1.165, 1.54) is 37.7 Å². The molecule has 2 fully saturated rings. The van der Waals surface area contributed by atoms with E-state index in [-0.39, 0.29) is 5.54 Å². The molecule has 0 unspecified atom stereocenters. The summed E-state index contributed by atoms with van der Waals surface area (Å²) in [7, 11) is 1.68. The first kappa shape index (κ1) is 15.2. The SMILES string of the molecule is COc1c(Br)cc(C2(N)CCCCC2)cc1OCC1CC1. The first-order chi connectivity index (χ1) is 10.1. The summed E-state index contributed by atoms with van der Waals surface area (Å²) in [5, 5.41) is 0. The highest BCUT2D eigenvalue weighted by Crippen LogP contribution is 2.43. The van der Waals surface area contributed by atoms with Crippen molar-refractivity contribution in [2.75, 3.05) is 13.7 Å². The van der Waals surface area contributed by atoms with Crippen molar-refractivity contribution in [1.82, 2.24) is 0 Å². The Hall–Kier alpha value is -0.740. The third-order valence-corrected chi connectivity index (χ3v) is 5.29. The van der Waals surface area contributed by atoms with E-state index >= 15 is 0 Å². The van der Waals surface area contributed by atoms with E-state index in [1.807, 2.05) is 0 Å². The maximum Gasteiger partial charge on any atom is 0.174 e. The van der Waals surface area contributed by atoms with Crippen LogP contribution in [-0.4, -0.2) is 13.7 Å². The van der Waals surface area contributed by atoms with Crippen molar-refractivity contribution < 1.29 is 9.47 Å². The Kier molecular flexibility index (Phi) is 4.46. The number of ether oxygens (including phenoxy) is 2. The minimum atomic E-state index is -0.218. The van der Waals surface area contributed by atoms with Crippen LogP contribution in [0.1, 0.15) is 50.5 Å². The highest BCUT2D eigenvalue weighted by molar-refractivity contribution is 9.10. The predicted molar refractivity (Wildman–Crippen MR) is 87.9 cm³/mol. The monoisotopic (exact) mass is 353 g/mol. The van der Waals surface area contributed by atoms with Gasteiger partial charge in [-0.1, -0.05) is 19.3 Å². The van der Waals surface area contributed by atoms with Crippen LogP contribution in [0.25, 0.3) is 0 Å². The predicted octanol–water partition coefficient (Wildman–Crippen LogP) is 4.36. The van der Waals surface area contributed by atoms with Crippen LogP contribution in [0.2, 0.25) is 0 Å². The lowest BCUT2D eigenvalue weighted by molar-refractivity contribution is 0.273. The molecule has 2 saturated carbocycles. The fourth-order valence-electron chi connectivity index (χ4n) is 3.12. The Labute approximate surface area is 135 Å². The summed E-state index contributed by atoms with van der Waals surface area (Å²) < 4.78 is 12.4. The topological polar surface area (TPSA) is 44.5 Å². The van der Waals surface area contributed by atoms with Crippen LogP contribution in [0, 0.1) is 5.92 Å². The van der Waals surface area contributed by atoms with Gasteiger partial charge in [0, 0.05) is 5.54 Å². The van der Waals surface area contributed by atoms with Crippen molar-refractivity contribution in [3.63, 3.8) is 0 Å². The van der Waals surface area contributed by atoms with Gasteiger partial charge in [0.15, 0.2) is 11.5 Å². The van der Waals surface area contributed by atoms with E-state index in [1.54, 1.807) is 7.11 Å². The summed E-state index contributed by atoms with van der Waals surface area (Å²) in [4.78, 5) is 0. The van der Waals surface area contributed by atoms with E-state index in [2.05, 4.69) is 28.1 Å². The van der Waals surface area contributed by atoms with Crippen LogP contribution in [-0.2, 0) is 5.54 Å². The van der Waals surface area contributed by atoms with Crippen LogP contribution in [0.4, 0.5) is 0 Å². The second-order valence-electron chi connectivity index (χ2n) is 6.46. The number of nitrogens with two attached hydrogens (primary N) is 1. The minimum absolute atomic E-state index is 0.218. The lowest BCUT2D eigenvalue weighted by Gasteiger charge is -2.34. The van der Waals surface area contributed by atoms with Crippen LogP contribution >= 0.6 is 15.9 Å². The largest absolute Gasteiger partial charge is 0.492 e. The summed E-state index contributed by atoms with van der Waals surface area (Å²) in [6, 6.07) is 4.20. The molecular weight excluding hydrogens is 330 g/mol. The molecule has 21 heavy (non-hydrogen) atoms. The lowest BCUT2D eigenvalue weighted by Crippen LogP contribution is -2.38. The second kappa shape index (κ2) is 6.17. The van der Waals surface area contributed by atoms with E-state index in [0.717, 1.165) is 41.3 Å². The molecule has 0 amide bonds. The smallest absolute Gasteiger partial charge is 0.174 e. The van der Waals surface area contributed by atoms with E-state index < -0.39 is 0 Å². The lowest BCUT2D eigenvalue weighted by atomic mass is 9.77. The zero-order valence-corrected chi connectivity index (χ0v) is 14.2. The maximum absolute atomic E-state index is 6.66. The number of benzene rings is 1. The summed E-state index contributed by atoms with van der Waals surface area (Å²) in [6.07, 6.45) is 8.37. The zero-order valence-electron chi connectivity index (χ0n) is 12.7. The minimum Gasteiger partial charge on any atom is -0.492 e. The van der Waals surface area contributed by atoms with Crippen LogP contribution in [0.15, 0.2) is 16.6 Å². The summed E-state index contributed by atoms with van der Waals surface area (Å²) in [5.41, 5.74) is 7.61. The summed E-state index contributed by atoms with van der Waals surface area (Å²) in [5.74, 6) is 2.32. The van der Waals surface area contributed by atoms with Crippen LogP contribution < -0.4 is 15.2 Å². The second-order valence-corrected chi connectivity index (χ2v) is 7.31. The molecule has 2 aliphatic rings. The van der Waals surface area contributed by atoms with Gasteiger partial charge in [0.25, 0.3) is 0 Å². The fourth-order valence-corrected chi connectivity index (χ4v) is 3.73. The van der Waals surface area contributed by atoms with Crippen molar-refractivity contribution in [3.8, 4) is 11.5 Å². The third kappa shape index (κ3) is 3.37. The van der Waals surface area contributed by atoms with Gasteiger partial charge in [-0.15, -0.1) is 0 Å². The molecule has 4 heteroatoms. The van der Waals surface area contributed by atoms with Gasteiger partial charge in [-0.3, -0.25) is 0 Å². The molecule has 0 spiro atoms. The summed E-state index contributed by atoms with van der Waals surface area (Å²) in [6.45, 7) is 0.782. The number of methoxy groups -OCH3 is 1.